The predicted molar refractivity (Wildman–Crippen MR) is 155 cm³/mol. The third kappa shape index (κ3) is 9.78. The summed E-state index contributed by atoms with van der Waals surface area (Å²) >= 11 is 6.45. The predicted octanol–water partition coefficient (Wildman–Crippen LogP) is 5.09. The van der Waals surface area contributed by atoms with E-state index in [4.69, 9.17) is 30.5 Å². The van der Waals surface area contributed by atoms with Crippen LogP contribution in [0.15, 0.2) is 48.8 Å². The summed E-state index contributed by atoms with van der Waals surface area (Å²) < 4.78 is 22.4. The smallest absolute Gasteiger partial charge is 0.159 e. The van der Waals surface area contributed by atoms with Crippen LogP contribution in [0.25, 0.3) is 10.9 Å². The van der Waals surface area contributed by atoms with Gasteiger partial charge in [-0.1, -0.05) is 17.7 Å². The molecule has 10 heteroatoms. The van der Waals surface area contributed by atoms with E-state index < -0.39 is 0 Å². The van der Waals surface area contributed by atoms with E-state index in [1.165, 1.54) is 6.33 Å². The number of hydrogen-bond acceptors (Lipinski definition) is 9. The third-order valence-corrected chi connectivity index (χ3v) is 5.83. The van der Waals surface area contributed by atoms with Gasteiger partial charge in [-0.15, -0.1) is 0 Å². The Balaban J connectivity index is 1.86. The molecule has 1 N–H and O–H groups in total. The molecular weight excluding hydrogens is 520 g/mol. The summed E-state index contributed by atoms with van der Waals surface area (Å²) in [6, 6.07) is 9.17. The Bertz CT molecular complexity index is 1250. The number of carbonyl (C=O) groups excluding carboxylic acids is 1. The van der Waals surface area contributed by atoms with Crippen LogP contribution in [-0.4, -0.2) is 80.9 Å². The number of hydrogen-bond donors (Lipinski definition) is 1. The quantitative estimate of drug-likeness (QED) is 0.180. The van der Waals surface area contributed by atoms with Crippen LogP contribution >= 0.6 is 11.6 Å². The molecule has 1 aromatic heterocycles. The Morgan fingerprint density at radius 1 is 0.974 bits per heavy atom. The van der Waals surface area contributed by atoms with Crippen LogP contribution in [0.4, 0.5) is 11.5 Å². The van der Waals surface area contributed by atoms with Gasteiger partial charge in [0.05, 0.1) is 23.8 Å². The molecule has 0 aliphatic rings. The van der Waals surface area contributed by atoms with Gasteiger partial charge in [0, 0.05) is 48.9 Å². The first kappa shape index (κ1) is 30.3. The molecule has 0 saturated heterocycles. The molecule has 0 amide bonds. The van der Waals surface area contributed by atoms with Crippen LogP contribution in [0.2, 0.25) is 5.02 Å². The molecule has 0 aliphatic heterocycles. The third-order valence-electron chi connectivity index (χ3n) is 5.53. The van der Waals surface area contributed by atoms with Crippen LogP contribution in [0.3, 0.4) is 0 Å². The minimum absolute atomic E-state index is 0.0241. The minimum Gasteiger partial charge on any atom is -0.491 e. The van der Waals surface area contributed by atoms with E-state index in [1.807, 2.05) is 57.1 Å². The number of fused-ring (bicyclic) bond motifs is 1. The number of likely N-dealkylation sites (N-methyl/N-ethyl adjacent to an activating group) is 1. The number of carbonyl (C=O) groups is 1. The van der Waals surface area contributed by atoms with Crippen molar-refractivity contribution in [1.29, 1.82) is 0 Å². The second kappa shape index (κ2) is 16.0. The monoisotopic (exact) mass is 556 g/mol. The van der Waals surface area contributed by atoms with Crippen LogP contribution in [0.5, 0.6) is 11.5 Å². The highest BCUT2D eigenvalue weighted by Gasteiger charge is 2.14. The molecule has 0 saturated carbocycles. The van der Waals surface area contributed by atoms with Crippen molar-refractivity contribution in [3.63, 3.8) is 0 Å². The maximum Gasteiger partial charge on any atom is 0.159 e. The number of ketones is 1. The van der Waals surface area contributed by atoms with E-state index in [2.05, 4.69) is 15.3 Å². The standard InChI is InChI=1S/C29H37ClN4O5/c1-5-36-12-14-38-27-10-9-22(18-25(27)30)33-29-24-17-21(16-23(35)8-7-11-34(3)4)28(39-15-13-37-6-2)19-26(24)31-20-32-29/h7-10,17-20H,5-6,11-16H2,1-4H3,(H,31,32,33)/b8-7+. The van der Waals surface area contributed by atoms with E-state index >= 15 is 0 Å². The maximum absolute atomic E-state index is 12.7. The number of nitrogens with one attached hydrogen (secondary N) is 1. The molecule has 0 fully saturated rings. The number of ether oxygens (including phenoxy) is 4. The summed E-state index contributed by atoms with van der Waals surface area (Å²) in [4.78, 5) is 23.6. The zero-order valence-electron chi connectivity index (χ0n) is 23.0. The van der Waals surface area contributed by atoms with E-state index in [0.717, 1.165) is 16.6 Å². The van der Waals surface area contributed by atoms with Gasteiger partial charge in [0.15, 0.2) is 5.78 Å². The second-order valence-corrected chi connectivity index (χ2v) is 9.28. The summed E-state index contributed by atoms with van der Waals surface area (Å²) in [6.07, 6.45) is 5.12. The maximum atomic E-state index is 12.7. The van der Waals surface area contributed by atoms with Gasteiger partial charge in [0.25, 0.3) is 0 Å². The van der Waals surface area contributed by atoms with Crippen molar-refractivity contribution in [2.24, 2.45) is 0 Å². The number of anilines is 2. The molecule has 0 unspecified atom stereocenters. The summed E-state index contributed by atoms with van der Waals surface area (Å²) in [5, 5.41) is 4.54. The molecule has 39 heavy (non-hydrogen) atoms. The molecule has 9 nitrogen and oxygen atoms in total. The first-order valence-corrected chi connectivity index (χ1v) is 13.4. The Hall–Kier alpha value is -3.24. The highest BCUT2D eigenvalue weighted by Crippen LogP contribution is 2.33. The normalized spacial score (nSPS) is 11.4. The molecule has 3 rings (SSSR count). The van der Waals surface area contributed by atoms with E-state index in [1.54, 1.807) is 18.2 Å². The average molecular weight is 557 g/mol. The molecule has 0 spiro atoms. The highest BCUT2D eigenvalue weighted by molar-refractivity contribution is 6.32. The number of nitrogens with zero attached hydrogens (tertiary/aromatic N) is 3. The Labute approximate surface area is 235 Å². The number of halogens is 1. The number of aromatic nitrogens is 2. The molecule has 3 aromatic rings. The van der Waals surface area contributed by atoms with Gasteiger partial charge in [-0.3, -0.25) is 4.79 Å². The van der Waals surface area contributed by atoms with Crippen molar-refractivity contribution in [2.75, 3.05) is 65.6 Å². The van der Waals surface area contributed by atoms with Crippen molar-refractivity contribution < 1.29 is 23.7 Å². The van der Waals surface area contributed by atoms with Crippen molar-refractivity contribution in [3.8, 4) is 11.5 Å². The van der Waals surface area contributed by atoms with Crippen LogP contribution in [0.1, 0.15) is 19.4 Å². The lowest BCUT2D eigenvalue weighted by Gasteiger charge is -2.15. The fourth-order valence-electron chi connectivity index (χ4n) is 3.68. The summed E-state index contributed by atoms with van der Waals surface area (Å²) in [6.45, 7) is 7.52. The summed E-state index contributed by atoms with van der Waals surface area (Å²) in [7, 11) is 3.90. The van der Waals surface area contributed by atoms with Crippen LogP contribution in [0, 0.1) is 0 Å². The lowest BCUT2D eigenvalue weighted by molar-refractivity contribution is -0.114. The molecule has 2 aromatic carbocycles. The molecule has 0 radical (unpaired) electrons. The summed E-state index contributed by atoms with van der Waals surface area (Å²) in [5.74, 6) is 1.73. The van der Waals surface area contributed by atoms with Crippen molar-refractivity contribution in [2.45, 2.75) is 20.3 Å². The molecule has 210 valence electrons. The molecule has 0 atom stereocenters. The number of allylic oxidation sites excluding steroid dienone is 1. The lowest BCUT2D eigenvalue weighted by Crippen LogP contribution is -2.12. The fraction of sp³-hybridized carbons (Fsp3) is 0.414. The zero-order chi connectivity index (χ0) is 28.0. The van der Waals surface area contributed by atoms with Gasteiger partial charge < -0.3 is 29.2 Å². The molecule has 0 bridgehead atoms. The number of benzene rings is 2. The van der Waals surface area contributed by atoms with E-state index in [0.29, 0.717) is 74.0 Å². The first-order valence-electron chi connectivity index (χ1n) is 13.0. The van der Waals surface area contributed by atoms with Gasteiger partial charge in [-0.05, 0) is 58.3 Å². The minimum atomic E-state index is -0.0241. The summed E-state index contributed by atoms with van der Waals surface area (Å²) in [5.41, 5.74) is 2.16. The lowest BCUT2D eigenvalue weighted by atomic mass is 10.0. The molecule has 1 heterocycles. The average Bonchev–Trinajstić information content (AvgIpc) is 2.90. The van der Waals surface area contributed by atoms with Crippen LogP contribution in [-0.2, 0) is 20.7 Å². The Kier molecular flexibility index (Phi) is 12.4. The topological polar surface area (TPSA) is 95.0 Å². The van der Waals surface area contributed by atoms with Crippen molar-refractivity contribution in [1.82, 2.24) is 14.9 Å². The second-order valence-electron chi connectivity index (χ2n) is 8.87. The van der Waals surface area contributed by atoms with Gasteiger partial charge in [0.2, 0.25) is 0 Å². The van der Waals surface area contributed by atoms with Gasteiger partial charge in [0.1, 0.15) is 36.9 Å². The number of rotatable bonds is 17. The van der Waals surface area contributed by atoms with E-state index in [9.17, 15) is 4.79 Å². The SMILES string of the molecule is CCOCCOc1ccc(Nc2ncnc3cc(OCCOCC)c(CC(=O)/C=C/CN(C)C)cc23)cc1Cl. The molecular formula is C29H37ClN4O5. The van der Waals surface area contributed by atoms with Crippen LogP contribution < -0.4 is 14.8 Å². The highest BCUT2D eigenvalue weighted by atomic mass is 35.5. The Morgan fingerprint density at radius 2 is 1.69 bits per heavy atom. The van der Waals surface area contributed by atoms with E-state index in [-0.39, 0.29) is 12.2 Å². The van der Waals surface area contributed by atoms with Gasteiger partial charge >= 0.3 is 0 Å². The van der Waals surface area contributed by atoms with Crippen molar-refractivity contribution in [3.05, 3.63) is 59.4 Å². The first-order chi connectivity index (χ1) is 18.9. The molecule has 0 aliphatic carbocycles. The zero-order valence-corrected chi connectivity index (χ0v) is 23.8. The largest absolute Gasteiger partial charge is 0.491 e. The fourth-order valence-corrected chi connectivity index (χ4v) is 3.92. The van der Waals surface area contributed by atoms with Gasteiger partial charge in [-0.2, -0.15) is 0 Å². The van der Waals surface area contributed by atoms with Crippen molar-refractivity contribution >= 4 is 39.8 Å². The Morgan fingerprint density at radius 3 is 2.36 bits per heavy atom. The van der Waals surface area contributed by atoms with Gasteiger partial charge in [-0.25, -0.2) is 9.97 Å².